The molecule has 0 amide bonds. The zero-order chi connectivity index (χ0) is 15.7. The molecule has 0 radical (unpaired) electrons. The Morgan fingerprint density at radius 1 is 1.48 bits per heavy atom. The molecular formula is C14H21FN2O3S. The van der Waals surface area contributed by atoms with Gasteiger partial charge in [-0.15, -0.1) is 0 Å². The standard InChI is InChI=1S/C14H21FN2O3S/c1-10-6-12(7-11(8-16)13(10)15)21(18,19)17-14(2)4-3-5-20-9-14/h6-7,17H,3-5,8-9,16H2,1-2H3. The molecule has 0 saturated carbocycles. The Labute approximate surface area is 124 Å². The molecule has 1 aromatic rings. The fourth-order valence-corrected chi connectivity index (χ4v) is 4.07. The number of halogens is 1. The molecule has 3 N–H and O–H groups in total. The largest absolute Gasteiger partial charge is 0.380 e. The Hall–Kier alpha value is -1.02. The van der Waals surface area contributed by atoms with Gasteiger partial charge >= 0.3 is 0 Å². The highest BCUT2D eigenvalue weighted by Crippen LogP contribution is 2.24. The van der Waals surface area contributed by atoms with Gasteiger partial charge in [0.05, 0.1) is 17.0 Å². The Kier molecular flexibility index (Phi) is 4.67. The molecule has 1 aliphatic rings. The lowest BCUT2D eigenvalue weighted by Gasteiger charge is -2.33. The predicted octanol–water partition coefficient (Wildman–Crippen LogP) is 1.44. The molecule has 0 aliphatic carbocycles. The molecule has 1 aromatic carbocycles. The van der Waals surface area contributed by atoms with Crippen molar-refractivity contribution in [3.8, 4) is 0 Å². The number of nitrogens with two attached hydrogens (primary N) is 1. The van der Waals surface area contributed by atoms with Crippen LogP contribution in [0.3, 0.4) is 0 Å². The highest BCUT2D eigenvalue weighted by molar-refractivity contribution is 7.89. The van der Waals surface area contributed by atoms with Gasteiger partial charge in [-0.3, -0.25) is 0 Å². The summed E-state index contributed by atoms with van der Waals surface area (Å²) in [5.74, 6) is -0.455. The third kappa shape index (κ3) is 3.60. The molecular weight excluding hydrogens is 295 g/mol. The van der Waals surface area contributed by atoms with E-state index >= 15 is 0 Å². The Bertz CT molecular complexity index is 625. The Balaban J connectivity index is 2.33. The average molecular weight is 316 g/mol. The third-order valence-electron chi connectivity index (χ3n) is 3.65. The van der Waals surface area contributed by atoms with Gasteiger partial charge < -0.3 is 10.5 Å². The molecule has 118 valence electrons. The number of hydrogen-bond acceptors (Lipinski definition) is 4. The first-order chi connectivity index (χ1) is 9.77. The molecule has 0 aromatic heterocycles. The van der Waals surface area contributed by atoms with Crippen LogP contribution in [0, 0.1) is 12.7 Å². The predicted molar refractivity (Wildman–Crippen MR) is 77.8 cm³/mol. The number of sulfonamides is 1. The van der Waals surface area contributed by atoms with Crippen molar-refractivity contribution in [2.24, 2.45) is 5.73 Å². The van der Waals surface area contributed by atoms with E-state index in [0.29, 0.717) is 19.6 Å². The van der Waals surface area contributed by atoms with E-state index in [-0.39, 0.29) is 22.6 Å². The van der Waals surface area contributed by atoms with Gasteiger partial charge in [-0.2, -0.15) is 0 Å². The van der Waals surface area contributed by atoms with Crippen LogP contribution in [0.25, 0.3) is 0 Å². The number of hydrogen-bond donors (Lipinski definition) is 2. The highest BCUT2D eigenvalue weighted by atomic mass is 32.2. The summed E-state index contributed by atoms with van der Waals surface area (Å²) in [6, 6.07) is 2.61. The SMILES string of the molecule is Cc1cc(S(=O)(=O)NC2(C)CCCOC2)cc(CN)c1F. The lowest BCUT2D eigenvalue weighted by atomic mass is 9.97. The molecule has 1 fully saturated rings. The van der Waals surface area contributed by atoms with Gasteiger partial charge in [-0.05, 0) is 44.4 Å². The van der Waals surface area contributed by atoms with E-state index in [1.807, 2.05) is 6.92 Å². The summed E-state index contributed by atoms with van der Waals surface area (Å²) in [7, 11) is -3.74. The van der Waals surface area contributed by atoms with Crippen molar-refractivity contribution in [3.05, 3.63) is 29.1 Å². The lowest BCUT2D eigenvalue weighted by Crippen LogP contribution is -2.51. The summed E-state index contributed by atoms with van der Waals surface area (Å²) in [6.07, 6.45) is 1.51. The first-order valence-corrected chi connectivity index (χ1v) is 8.36. The Morgan fingerprint density at radius 3 is 2.76 bits per heavy atom. The highest BCUT2D eigenvalue weighted by Gasteiger charge is 2.33. The van der Waals surface area contributed by atoms with Crippen molar-refractivity contribution in [2.75, 3.05) is 13.2 Å². The van der Waals surface area contributed by atoms with Gasteiger partial charge in [0.1, 0.15) is 5.82 Å². The second-order valence-electron chi connectivity index (χ2n) is 5.74. The van der Waals surface area contributed by atoms with Gasteiger partial charge in [0.2, 0.25) is 10.0 Å². The van der Waals surface area contributed by atoms with Crippen molar-refractivity contribution >= 4 is 10.0 Å². The molecule has 7 heteroatoms. The number of nitrogens with one attached hydrogen (secondary N) is 1. The lowest BCUT2D eigenvalue weighted by molar-refractivity contribution is 0.0386. The van der Waals surface area contributed by atoms with E-state index in [9.17, 15) is 12.8 Å². The first-order valence-electron chi connectivity index (χ1n) is 6.88. The maximum Gasteiger partial charge on any atom is 0.241 e. The molecule has 1 atom stereocenters. The molecule has 1 heterocycles. The van der Waals surface area contributed by atoms with Gasteiger partial charge in [0.25, 0.3) is 0 Å². The van der Waals surface area contributed by atoms with Crippen LogP contribution in [-0.4, -0.2) is 27.2 Å². The molecule has 21 heavy (non-hydrogen) atoms. The number of ether oxygens (including phenoxy) is 1. The number of aryl methyl sites for hydroxylation is 1. The second kappa shape index (κ2) is 6.00. The van der Waals surface area contributed by atoms with Crippen LogP contribution in [0.2, 0.25) is 0 Å². The van der Waals surface area contributed by atoms with Gasteiger partial charge in [0.15, 0.2) is 0 Å². The summed E-state index contributed by atoms with van der Waals surface area (Å²) in [5.41, 5.74) is 5.29. The van der Waals surface area contributed by atoms with Crippen LogP contribution in [0.1, 0.15) is 30.9 Å². The van der Waals surface area contributed by atoms with E-state index in [0.717, 1.165) is 6.42 Å². The first kappa shape index (κ1) is 16.4. The minimum Gasteiger partial charge on any atom is -0.380 e. The average Bonchev–Trinajstić information content (AvgIpc) is 2.41. The Morgan fingerprint density at radius 2 is 2.19 bits per heavy atom. The summed E-state index contributed by atoms with van der Waals surface area (Å²) in [5, 5.41) is 0. The van der Waals surface area contributed by atoms with E-state index in [1.165, 1.54) is 19.1 Å². The quantitative estimate of drug-likeness (QED) is 0.881. The van der Waals surface area contributed by atoms with E-state index in [2.05, 4.69) is 4.72 Å². The van der Waals surface area contributed by atoms with E-state index in [1.54, 1.807) is 0 Å². The van der Waals surface area contributed by atoms with Crippen LogP contribution in [0.5, 0.6) is 0 Å². The molecule has 1 aliphatic heterocycles. The van der Waals surface area contributed by atoms with Gasteiger partial charge in [0, 0.05) is 18.7 Å². The van der Waals surface area contributed by atoms with Crippen LogP contribution < -0.4 is 10.5 Å². The third-order valence-corrected chi connectivity index (χ3v) is 5.27. The number of rotatable bonds is 4. The normalized spacial score (nSPS) is 23.2. The minimum absolute atomic E-state index is 0.0358. The fraction of sp³-hybridized carbons (Fsp3) is 0.571. The zero-order valence-electron chi connectivity index (χ0n) is 12.3. The van der Waals surface area contributed by atoms with Gasteiger partial charge in [-0.1, -0.05) is 0 Å². The smallest absolute Gasteiger partial charge is 0.241 e. The summed E-state index contributed by atoms with van der Waals surface area (Å²) in [4.78, 5) is 0.0358. The molecule has 1 saturated heterocycles. The zero-order valence-corrected chi connectivity index (χ0v) is 13.1. The number of benzene rings is 1. The second-order valence-corrected chi connectivity index (χ2v) is 7.42. The maximum absolute atomic E-state index is 13.8. The van der Waals surface area contributed by atoms with Crippen LogP contribution in [0.4, 0.5) is 4.39 Å². The maximum atomic E-state index is 13.8. The van der Waals surface area contributed by atoms with Gasteiger partial charge in [-0.25, -0.2) is 17.5 Å². The van der Waals surface area contributed by atoms with Crippen molar-refractivity contribution in [1.29, 1.82) is 0 Å². The van der Waals surface area contributed by atoms with Crippen LogP contribution >= 0.6 is 0 Å². The monoisotopic (exact) mass is 316 g/mol. The van der Waals surface area contributed by atoms with Crippen molar-refractivity contribution < 1.29 is 17.5 Å². The van der Waals surface area contributed by atoms with Crippen molar-refractivity contribution in [3.63, 3.8) is 0 Å². The van der Waals surface area contributed by atoms with Crippen LogP contribution in [0.15, 0.2) is 17.0 Å². The van der Waals surface area contributed by atoms with E-state index in [4.69, 9.17) is 10.5 Å². The summed E-state index contributed by atoms with van der Waals surface area (Å²) >= 11 is 0. The summed E-state index contributed by atoms with van der Waals surface area (Å²) < 4.78 is 46.8. The molecule has 2 rings (SSSR count). The molecule has 1 unspecified atom stereocenters. The molecule has 5 nitrogen and oxygen atoms in total. The minimum atomic E-state index is -3.74. The molecule has 0 spiro atoms. The van der Waals surface area contributed by atoms with Crippen LogP contribution in [-0.2, 0) is 21.3 Å². The topological polar surface area (TPSA) is 81.4 Å². The van der Waals surface area contributed by atoms with Crippen molar-refractivity contribution in [2.45, 2.75) is 43.7 Å². The molecule has 0 bridgehead atoms. The van der Waals surface area contributed by atoms with E-state index < -0.39 is 21.4 Å². The summed E-state index contributed by atoms with van der Waals surface area (Å²) in [6.45, 7) is 4.26. The fourth-order valence-electron chi connectivity index (χ4n) is 2.51. The van der Waals surface area contributed by atoms with Crippen molar-refractivity contribution in [1.82, 2.24) is 4.72 Å².